The first-order valence-electron chi connectivity index (χ1n) is 22.5. The highest BCUT2D eigenvalue weighted by Gasteiger charge is 2.45. The van der Waals surface area contributed by atoms with Gasteiger partial charge >= 0.3 is 0 Å². The lowest BCUT2D eigenvalue weighted by atomic mass is 9.33. The van der Waals surface area contributed by atoms with Gasteiger partial charge in [-0.3, -0.25) is 4.98 Å². The lowest BCUT2D eigenvalue weighted by molar-refractivity contribution is 0.590. The van der Waals surface area contributed by atoms with Crippen LogP contribution in [-0.4, -0.2) is 11.7 Å². The predicted octanol–water partition coefficient (Wildman–Crippen LogP) is 14.0. The molecule has 2 aliphatic rings. The number of fused-ring (bicyclic) bond motifs is 4. The zero-order valence-corrected chi connectivity index (χ0v) is 39.2. The number of aromatic nitrogens is 1. The van der Waals surface area contributed by atoms with Crippen molar-refractivity contribution in [3.05, 3.63) is 168 Å². The van der Waals surface area contributed by atoms with Crippen molar-refractivity contribution in [2.24, 2.45) is 0 Å². The van der Waals surface area contributed by atoms with Crippen molar-refractivity contribution in [3.8, 4) is 22.3 Å². The summed E-state index contributed by atoms with van der Waals surface area (Å²) in [4.78, 5) is 9.90. The second-order valence-electron chi connectivity index (χ2n) is 21.9. The van der Waals surface area contributed by atoms with Gasteiger partial charge in [0, 0.05) is 57.5 Å². The standard InChI is InChI=1S/C58H62BN3/c1-37-30-51-53-52(31-37)62(54-45(38-18-15-14-16-19-38)32-43(58(11,12)13)33-46(54)39-20-17-29-60-36-39)50-28-24-42(57(8,9)10)35-48(50)59(53)47-34-41(56(5,6)7)23-27-49(47)61(51)44-25-21-40(22-26-44)55(2,3)4/h14-36H,1-13H3. The van der Waals surface area contributed by atoms with Gasteiger partial charge in [-0.25, -0.2) is 0 Å². The van der Waals surface area contributed by atoms with Gasteiger partial charge < -0.3 is 9.80 Å². The summed E-state index contributed by atoms with van der Waals surface area (Å²) in [7, 11) is 0. The fourth-order valence-corrected chi connectivity index (χ4v) is 9.59. The maximum atomic E-state index is 4.72. The molecule has 3 nitrogen and oxygen atoms in total. The predicted molar refractivity (Wildman–Crippen MR) is 269 cm³/mol. The number of hydrogen-bond donors (Lipinski definition) is 0. The quantitative estimate of drug-likeness (QED) is 0.165. The molecule has 0 atom stereocenters. The van der Waals surface area contributed by atoms with Gasteiger partial charge in [-0.05, 0) is 133 Å². The highest BCUT2D eigenvalue weighted by Crippen LogP contribution is 2.51. The van der Waals surface area contributed by atoms with E-state index in [2.05, 4.69) is 227 Å². The molecule has 0 bridgehead atoms. The molecule has 0 fully saturated rings. The maximum absolute atomic E-state index is 4.72. The van der Waals surface area contributed by atoms with Crippen molar-refractivity contribution >= 4 is 57.2 Å². The number of benzene rings is 6. The minimum Gasteiger partial charge on any atom is -0.311 e. The van der Waals surface area contributed by atoms with Crippen molar-refractivity contribution in [1.29, 1.82) is 0 Å². The Morgan fingerprint density at radius 3 is 1.44 bits per heavy atom. The third-order valence-corrected chi connectivity index (χ3v) is 13.2. The van der Waals surface area contributed by atoms with Crippen LogP contribution in [0.1, 0.15) is 111 Å². The summed E-state index contributed by atoms with van der Waals surface area (Å²) in [6.07, 6.45) is 3.92. The van der Waals surface area contributed by atoms with Crippen molar-refractivity contribution < 1.29 is 0 Å². The van der Waals surface area contributed by atoms with Gasteiger partial charge in [0.2, 0.25) is 0 Å². The van der Waals surface area contributed by atoms with E-state index in [4.69, 9.17) is 4.98 Å². The molecule has 0 N–H and O–H groups in total. The van der Waals surface area contributed by atoms with E-state index in [9.17, 15) is 0 Å². The maximum Gasteiger partial charge on any atom is 0.252 e. The first kappa shape index (κ1) is 41.5. The number of anilines is 6. The second kappa shape index (κ2) is 14.6. The third kappa shape index (κ3) is 7.16. The molecule has 7 aromatic rings. The van der Waals surface area contributed by atoms with Gasteiger partial charge in [0.15, 0.2) is 0 Å². The molecule has 0 amide bonds. The molecule has 2 aliphatic heterocycles. The Bertz CT molecular complexity index is 2770. The van der Waals surface area contributed by atoms with Crippen LogP contribution in [-0.2, 0) is 21.7 Å². The van der Waals surface area contributed by atoms with E-state index < -0.39 is 0 Å². The van der Waals surface area contributed by atoms with Crippen LogP contribution in [0.5, 0.6) is 0 Å². The van der Waals surface area contributed by atoms with Crippen molar-refractivity contribution in [2.45, 2.75) is 112 Å². The Morgan fingerprint density at radius 1 is 0.435 bits per heavy atom. The molecule has 312 valence electrons. The molecule has 4 heteroatoms. The zero-order chi connectivity index (χ0) is 44.1. The molecule has 9 rings (SSSR count). The SMILES string of the molecule is Cc1cc2c3c(c1)N(c1c(-c4ccccc4)cc(C(C)(C)C)cc1-c1cccnc1)c1ccc(C(C)(C)C)cc1B3c1cc(C(C)(C)C)ccc1N2c1ccc(C(C)(C)C)cc1. The Morgan fingerprint density at radius 2 is 0.919 bits per heavy atom. The van der Waals surface area contributed by atoms with Crippen molar-refractivity contribution in [2.75, 3.05) is 9.80 Å². The summed E-state index contributed by atoms with van der Waals surface area (Å²) in [5, 5.41) is 0. The Balaban J connectivity index is 1.45. The Labute approximate surface area is 372 Å². The number of nitrogens with zero attached hydrogens (tertiary/aromatic N) is 3. The Kier molecular flexibility index (Phi) is 9.78. The van der Waals surface area contributed by atoms with Crippen LogP contribution < -0.4 is 26.2 Å². The summed E-state index contributed by atoms with van der Waals surface area (Å²) in [6, 6.07) is 49.0. The van der Waals surface area contributed by atoms with Crippen LogP contribution in [0.3, 0.4) is 0 Å². The second-order valence-corrected chi connectivity index (χ2v) is 21.9. The normalized spacial score (nSPS) is 13.8. The molecule has 1 aromatic heterocycles. The smallest absolute Gasteiger partial charge is 0.252 e. The monoisotopic (exact) mass is 812 g/mol. The minimum absolute atomic E-state index is 0.00686. The summed E-state index contributed by atoms with van der Waals surface area (Å²) < 4.78 is 0. The van der Waals surface area contributed by atoms with Crippen LogP contribution >= 0.6 is 0 Å². The average Bonchev–Trinajstić information content (AvgIpc) is 3.22. The number of rotatable bonds is 4. The summed E-state index contributed by atoms with van der Waals surface area (Å²) in [5.41, 5.74) is 22.3. The van der Waals surface area contributed by atoms with E-state index in [-0.39, 0.29) is 28.4 Å². The van der Waals surface area contributed by atoms with Gasteiger partial charge in [0.1, 0.15) is 0 Å². The van der Waals surface area contributed by atoms with E-state index >= 15 is 0 Å². The summed E-state index contributed by atoms with van der Waals surface area (Å²) >= 11 is 0. The molecule has 0 spiro atoms. The van der Waals surface area contributed by atoms with Crippen LogP contribution in [0, 0.1) is 6.92 Å². The average molecular weight is 812 g/mol. The van der Waals surface area contributed by atoms with Gasteiger partial charge in [-0.15, -0.1) is 0 Å². The summed E-state index contributed by atoms with van der Waals surface area (Å²) in [5.74, 6) is 0. The van der Waals surface area contributed by atoms with Crippen LogP contribution in [0.15, 0.2) is 140 Å². The van der Waals surface area contributed by atoms with Gasteiger partial charge in [0.25, 0.3) is 6.71 Å². The lowest BCUT2D eigenvalue weighted by Crippen LogP contribution is -2.61. The van der Waals surface area contributed by atoms with Gasteiger partial charge in [0.05, 0.1) is 5.69 Å². The van der Waals surface area contributed by atoms with Gasteiger partial charge in [-0.1, -0.05) is 156 Å². The van der Waals surface area contributed by atoms with Crippen molar-refractivity contribution in [3.63, 3.8) is 0 Å². The molecular weight excluding hydrogens is 749 g/mol. The number of pyridine rings is 1. The van der Waals surface area contributed by atoms with E-state index in [0.29, 0.717) is 0 Å². The zero-order valence-electron chi connectivity index (χ0n) is 39.2. The molecule has 0 saturated heterocycles. The molecular formula is C58H62BN3. The number of hydrogen-bond acceptors (Lipinski definition) is 3. The molecule has 0 radical (unpaired) electrons. The molecule has 0 aliphatic carbocycles. The highest BCUT2D eigenvalue weighted by molar-refractivity contribution is 7.00. The van der Waals surface area contributed by atoms with Crippen molar-refractivity contribution in [1.82, 2.24) is 4.98 Å². The molecule has 0 saturated carbocycles. The van der Waals surface area contributed by atoms with Crippen LogP contribution in [0.2, 0.25) is 0 Å². The van der Waals surface area contributed by atoms with Gasteiger partial charge in [-0.2, -0.15) is 0 Å². The van der Waals surface area contributed by atoms with E-state index in [1.54, 1.807) is 0 Å². The summed E-state index contributed by atoms with van der Waals surface area (Å²) in [6.45, 7) is 30.2. The molecule has 6 aromatic carbocycles. The number of aryl methyl sites for hydroxylation is 1. The molecule has 0 unspecified atom stereocenters. The molecule has 3 heterocycles. The van der Waals surface area contributed by atoms with Crippen LogP contribution in [0.25, 0.3) is 22.3 Å². The fraction of sp³-hybridized carbons (Fsp3) is 0.293. The Hall–Kier alpha value is -5.87. The van der Waals surface area contributed by atoms with E-state index in [1.165, 1.54) is 95.0 Å². The van der Waals surface area contributed by atoms with E-state index in [0.717, 1.165) is 5.56 Å². The van der Waals surface area contributed by atoms with E-state index in [1.807, 2.05) is 12.4 Å². The highest BCUT2D eigenvalue weighted by atomic mass is 15.2. The first-order chi connectivity index (χ1) is 29.2. The molecule has 62 heavy (non-hydrogen) atoms. The first-order valence-corrected chi connectivity index (χ1v) is 22.5. The third-order valence-electron chi connectivity index (χ3n) is 13.2. The minimum atomic E-state index is -0.0917. The lowest BCUT2D eigenvalue weighted by Gasteiger charge is -2.46. The van der Waals surface area contributed by atoms with Crippen LogP contribution in [0.4, 0.5) is 34.1 Å². The fourth-order valence-electron chi connectivity index (χ4n) is 9.59. The topological polar surface area (TPSA) is 19.4 Å². The largest absolute Gasteiger partial charge is 0.311 e.